The normalized spacial score (nSPS) is 11.8. The third kappa shape index (κ3) is 3.75. The van der Waals surface area contributed by atoms with E-state index in [0.29, 0.717) is 6.54 Å². The Morgan fingerprint density at radius 3 is 2.23 bits per heavy atom. The van der Waals surface area contributed by atoms with Crippen molar-refractivity contribution >= 4 is 22.6 Å². The SMILES string of the molecule is COC(=O)C(c1ccc2ccccc2c1)N(Cc1ccccc1)C(C)=O. The molecule has 0 aliphatic rings. The Bertz CT molecular complexity index is 921. The van der Waals surface area contributed by atoms with Gasteiger partial charge in [-0.1, -0.05) is 66.7 Å². The molecule has 0 N–H and O–H groups in total. The van der Waals surface area contributed by atoms with Gasteiger partial charge >= 0.3 is 5.97 Å². The van der Waals surface area contributed by atoms with Crippen LogP contribution < -0.4 is 0 Å². The molecule has 0 heterocycles. The molecule has 0 aliphatic heterocycles. The third-order valence-electron chi connectivity index (χ3n) is 4.43. The number of ether oxygens (including phenoxy) is 1. The number of methoxy groups -OCH3 is 1. The fourth-order valence-corrected chi connectivity index (χ4v) is 3.10. The molecule has 1 atom stereocenters. The van der Waals surface area contributed by atoms with E-state index >= 15 is 0 Å². The summed E-state index contributed by atoms with van der Waals surface area (Å²) in [6.45, 7) is 1.81. The number of benzene rings is 3. The van der Waals surface area contributed by atoms with Gasteiger partial charge < -0.3 is 9.64 Å². The van der Waals surface area contributed by atoms with Crippen molar-refractivity contribution in [1.82, 2.24) is 4.90 Å². The quantitative estimate of drug-likeness (QED) is 0.653. The molecule has 4 nitrogen and oxygen atoms in total. The number of hydrogen-bond acceptors (Lipinski definition) is 3. The van der Waals surface area contributed by atoms with Crippen LogP contribution in [0.25, 0.3) is 10.8 Å². The first kappa shape index (κ1) is 17.7. The standard InChI is InChI=1S/C22H21NO3/c1-16(24)23(15-17-8-4-3-5-9-17)21(22(25)26-2)20-13-12-18-10-6-7-11-19(18)14-20/h3-14,21H,15H2,1-2H3. The molecular weight excluding hydrogens is 326 g/mol. The number of hydrogen-bond donors (Lipinski definition) is 0. The monoisotopic (exact) mass is 347 g/mol. The van der Waals surface area contributed by atoms with E-state index in [1.165, 1.54) is 14.0 Å². The van der Waals surface area contributed by atoms with Crippen LogP contribution in [0.5, 0.6) is 0 Å². The molecule has 0 aromatic heterocycles. The van der Waals surface area contributed by atoms with Gasteiger partial charge in [-0.2, -0.15) is 0 Å². The van der Waals surface area contributed by atoms with Crippen LogP contribution in [0.15, 0.2) is 72.8 Å². The molecule has 0 fully saturated rings. The molecule has 0 aliphatic carbocycles. The van der Waals surface area contributed by atoms with Gasteiger partial charge in [0.25, 0.3) is 0 Å². The highest BCUT2D eigenvalue weighted by atomic mass is 16.5. The Hall–Kier alpha value is -3.14. The number of fused-ring (bicyclic) bond motifs is 1. The zero-order valence-corrected chi connectivity index (χ0v) is 14.9. The van der Waals surface area contributed by atoms with Gasteiger partial charge in [-0.05, 0) is 28.0 Å². The zero-order valence-electron chi connectivity index (χ0n) is 14.9. The van der Waals surface area contributed by atoms with E-state index in [9.17, 15) is 9.59 Å². The lowest BCUT2D eigenvalue weighted by Crippen LogP contribution is -2.37. The molecule has 0 bridgehead atoms. The van der Waals surface area contributed by atoms with Crippen molar-refractivity contribution in [3.05, 3.63) is 83.9 Å². The molecule has 26 heavy (non-hydrogen) atoms. The minimum Gasteiger partial charge on any atom is -0.467 e. The van der Waals surface area contributed by atoms with Crippen LogP contribution in [0.3, 0.4) is 0 Å². The van der Waals surface area contributed by atoms with Gasteiger partial charge in [0.15, 0.2) is 6.04 Å². The van der Waals surface area contributed by atoms with E-state index in [1.54, 1.807) is 4.90 Å². The van der Waals surface area contributed by atoms with E-state index in [2.05, 4.69) is 0 Å². The van der Waals surface area contributed by atoms with Crippen molar-refractivity contribution in [3.8, 4) is 0 Å². The van der Waals surface area contributed by atoms with Crippen molar-refractivity contribution in [2.75, 3.05) is 7.11 Å². The minimum atomic E-state index is -0.790. The van der Waals surface area contributed by atoms with E-state index in [-0.39, 0.29) is 5.91 Å². The second-order valence-corrected chi connectivity index (χ2v) is 6.16. The van der Waals surface area contributed by atoms with Crippen LogP contribution >= 0.6 is 0 Å². The van der Waals surface area contributed by atoms with Crippen molar-refractivity contribution in [2.24, 2.45) is 0 Å². The Labute approximate surface area is 153 Å². The first-order valence-corrected chi connectivity index (χ1v) is 8.48. The molecular formula is C22H21NO3. The fraction of sp³-hybridized carbons (Fsp3) is 0.182. The molecule has 3 rings (SSSR count). The second-order valence-electron chi connectivity index (χ2n) is 6.16. The maximum absolute atomic E-state index is 12.6. The summed E-state index contributed by atoms with van der Waals surface area (Å²) in [6.07, 6.45) is 0. The van der Waals surface area contributed by atoms with E-state index in [0.717, 1.165) is 21.9 Å². The van der Waals surface area contributed by atoms with Crippen molar-refractivity contribution in [1.29, 1.82) is 0 Å². The van der Waals surface area contributed by atoms with Gasteiger partial charge in [0.05, 0.1) is 7.11 Å². The van der Waals surface area contributed by atoms with Gasteiger partial charge in [0.1, 0.15) is 0 Å². The van der Waals surface area contributed by atoms with Crippen LogP contribution in [0.2, 0.25) is 0 Å². The molecule has 0 saturated carbocycles. The van der Waals surface area contributed by atoms with Crippen molar-refractivity contribution in [3.63, 3.8) is 0 Å². The molecule has 1 amide bonds. The number of nitrogens with zero attached hydrogens (tertiary/aromatic N) is 1. The number of rotatable bonds is 5. The summed E-state index contributed by atoms with van der Waals surface area (Å²) >= 11 is 0. The van der Waals surface area contributed by atoms with Crippen LogP contribution in [-0.2, 0) is 20.9 Å². The van der Waals surface area contributed by atoms with Crippen molar-refractivity contribution < 1.29 is 14.3 Å². The summed E-state index contributed by atoms with van der Waals surface area (Å²) in [5.41, 5.74) is 1.69. The predicted molar refractivity (Wildman–Crippen MR) is 101 cm³/mol. The lowest BCUT2D eigenvalue weighted by atomic mass is 10.00. The first-order valence-electron chi connectivity index (χ1n) is 8.48. The molecule has 1 unspecified atom stereocenters. The molecule has 3 aromatic rings. The summed E-state index contributed by atoms with van der Waals surface area (Å²) < 4.78 is 5.01. The van der Waals surface area contributed by atoms with Crippen LogP contribution in [0.4, 0.5) is 0 Å². The average molecular weight is 347 g/mol. The summed E-state index contributed by atoms with van der Waals surface area (Å²) in [7, 11) is 1.34. The van der Waals surface area contributed by atoms with E-state index in [4.69, 9.17) is 4.74 Å². The second kappa shape index (κ2) is 7.83. The topological polar surface area (TPSA) is 46.6 Å². The largest absolute Gasteiger partial charge is 0.467 e. The summed E-state index contributed by atoms with van der Waals surface area (Å²) in [4.78, 5) is 26.5. The highest BCUT2D eigenvalue weighted by Gasteiger charge is 2.30. The molecule has 132 valence electrons. The summed E-state index contributed by atoms with van der Waals surface area (Å²) in [5, 5.41) is 2.10. The van der Waals surface area contributed by atoms with E-state index in [1.807, 2.05) is 72.8 Å². The maximum atomic E-state index is 12.6. The number of carbonyl (C=O) groups excluding carboxylic acids is 2. The third-order valence-corrected chi connectivity index (χ3v) is 4.43. The number of amides is 1. The van der Waals surface area contributed by atoms with Gasteiger partial charge in [-0.3, -0.25) is 4.79 Å². The highest BCUT2D eigenvalue weighted by molar-refractivity contribution is 5.88. The Balaban J connectivity index is 2.04. The number of esters is 1. The first-order chi connectivity index (χ1) is 12.6. The predicted octanol–water partition coefficient (Wildman–Crippen LogP) is 4.10. The van der Waals surface area contributed by atoms with E-state index < -0.39 is 12.0 Å². The average Bonchev–Trinajstić information content (AvgIpc) is 2.67. The lowest BCUT2D eigenvalue weighted by molar-refractivity contribution is -0.153. The van der Waals surface area contributed by atoms with Gasteiger partial charge in [0, 0.05) is 13.5 Å². The minimum absolute atomic E-state index is 0.183. The molecule has 0 spiro atoms. The highest BCUT2D eigenvalue weighted by Crippen LogP contribution is 2.27. The number of carbonyl (C=O) groups is 2. The molecule has 4 heteroatoms. The Kier molecular flexibility index (Phi) is 5.32. The van der Waals surface area contributed by atoms with Crippen LogP contribution in [0, 0.1) is 0 Å². The summed E-state index contributed by atoms with van der Waals surface area (Å²) in [6, 6.07) is 22.5. The smallest absolute Gasteiger partial charge is 0.333 e. The molecule has 0 saturated heterocycles. The van der Waals surface area contributed by atoms with Crippen LogP contribution in [-0.4, -0.2) is 23.9 Å². The van der Waals surface area contributed by atoms with Crippen molar-refractivity contribution in [2.45, 2.75) is 19.5 Å². The summed E-state index contributed by atoms with van der Waals surface area (Å²) in [5.74, 6) is -0.635. The van der Waals surface area contributed by atoms with Gasteiger partial charge in [-0.15, -0.1) is 0 Å². The molecule has 0 radical (unpaired) electrons. The fourth-order valence-electron chi connectivity index (χ4n) is 3.10. The van der Waals surface area contributed by atoms with Crippen LogP contribution in [0.1, 0.15) is 24.1 Å². The molecule has 3 aromatic carbocycles. The maximum Gasteiger partial charge on any atom is 0.333 e. The lowest BCUT2D eigenvalue weighted by Gasteiger charge is -2.29. The van der Waals surface area contributed by atoms with Gasteiger partial charge in [0.2, 0.25) is 5.91 Å². The van der Waals surface area contributed by atoms with Gasteiger partial charge in [-0.25, -0.2) is 4.79 Å². The Morgan fingerprint density at radius 1 is 0.923 bits per heavy atom. The Morgan fingerprint density at radius 2 is 1.58 bits per heavy atom. The zero-order chi connectivity index (χ0) is 18.5.